The number of ether oxygens (including phenoxy) is 1. The molecule has 0 saturated heterocycles. The second-order valence-corrected chi connectivity index (χ2v) is 10.3. The number of hydrogen-bond acceptors (Lipinski definition) is 4. The number of amides is 2. The Kier molecular flexibility index (Phi) is 7.51. The Bertz CT molecular complexity index is 1190. The standard InChI is InChI=1S/C26H26Cl2N2O3S/c1-16(2)30(26(32)17-4-7-19(33-3)8-5-17)15-24(31)29-12-10-23-21(11-13-34-23)25(29)20-9-6-18(27)14-22(20)28/h4-9,11,13-14,16,25H,10,12,15H2,1-3H3. The summed E-state index contributed by atoms with van der Waals surface area (Å²) in [6.45, 7) is 4.35. The Labute approximate surface area is 213 Å². The lowest BCUT2D eigenvalue weighted by Crippen LogP contribution is -2.48. The van der Waals surface area contributed by atoms with E-state index in [0.29, 0.717) is 27.9 Å². The first-order valence-corrected chi connectivity index (χ1v) is 12.7. The van der Waals surface area contributed by atoms with E-state index in [9.17, 15) is 9.59 Å². The van der Waals surface area contributed by atoms with Crippen molar-refractivity contribution in [1.29, 1.82) is 0 Å². The first kappa shape index (κ1) is 24.6. The first-order chi connectivity index (χ1) is 16.3. The molecule has 34 heavy (non-hydrogen) atoms. The lowest BCUT2D eigenvalue weighted by atomic mass is 9.93. The number of methoxy groups -OCH3 is 1. The Morgan fingerprint density at radius 3 is 2.50 bits per heavy atom. The van der Waals surface area contributed by atoms with E-state index >= 15 is 0 Å². The van der Waals surface area contributed by atoms with Gasteiger partial charge in [-0.15, -0.1) is 11.3 Å². The van der Waals surface area contributed by atoms with Crippen molar-refractivity contribution in [2.24, 2.45) is 0 Å². The lowest BCUT2D eigenvalue weighted by Gasteiger charge is -2.38. The molecule has 178 valence electrons. The minimum Gasteiger partial charge on any atom is -0.497 e. The van der Waals surface area contributed by atoms with Gasteiger partial charge in [0.2, 0.25) is 5.91 Å². The molecule has 0 radical (unpaired) electrons. The zero-order valence-corrected chi connectivity index (χ0v) is 21.6. The molecule has 0 N–H and O–H groups in total. The lowest BCUT2D eigenvalue weighted by molar-refractivity contribution is -0.134. The van der Waals surface area contributed by atoms with E-state index in [1.165, 1.54) is 4.88 Å². The van der Waals surface area contributed by atoms with Gasteiger partial charge in [0.25, 0.3) is 5.91 Å². The average molecular weight is 517 g/mol. The van der Waals surface area contributed by atoms with Crippen LogP contribution in [0.4, 0.5) is 0 Å². The number of halogens is 2. The van der Waals surface area contributed by atoms with Gasteiger partial charge in [-0.1, -0.05) is 29.3 Å². The number of nitrogens with zero attached hydrogens (tertiary/aromatic N) is 2. The van der Waals surface area contributed by atoms with Crippen LogP contribution in [0, 0.1) is 0 Å². The van der Waals surface area contributed by atoms with E-state index in [0.717, 1.165) is 17.5 Å². The number of hydrogen-bond donors (Lipinski definition) is 0. The van der Waals surface area contributed by atoms with Crippen LogP contribution in [0.2, 0.25) is 10.0 Å². The van der Waals surface area contributed by atoms with Gasteiger partial charge in [-0.3, -0.25) is 9.59 Å². The molecule has 0 aliphatic carbocycles. The highest BCUT2D eigenvalue weighted by Gasteiger charge is 2.35. The molecule has 2 aromatic carbocycles. The van der Waals surface area contributed by atoms with Crippen LogP contribution in [0.25, 0.3) is 0 Å². The van der Waals surface area contributed by atoms with Crippen LogP contribution in [0.3, 0.4) is 0 Å². The fraction of sp³-hybridized carbons (Fsp3) is 0.308. The number of benzene rings is 2. The summed E-state index contributed by atoms with van der Waals surface area (Å²) in [5.74, 6) is 0.357. The van der Waals surface area contributed by atoms with Crippen molar-refractivity contribution in [3.8, 4) is 5.75 Å². The van der Waals surface area contributed by atoms with E-state index in [1.807, 2.05) is 30.2 Å². The summed E-state index contributed by atoms with van der Waals surface area (Å²) < 4.78 is 5.19. The summed E-state index contributed by atoms with van der Waals surface area (Å²) >= 11 is 14.4. The van der Waals surface area contributed by atoms with E-state index in [4.69, 9.17) is 27.9 Å². The molecule has 0 saturated carbocycles. The van der Waals surface area contributed by atoms with Crippen LogP contribution in [0.5, 0.6) is 5.75 Å². The summed E-state index contributed by atoms with van der Waals surface area (Å²) in [5, 5.41) is 3.11. The van der Waals surface area contributed by atoms with Gasteiger partial charge in [0.05, 0.1) is 13.2 Å². The van der Waals surface area contributed by atoms with Crippen LogP contribution in [-0.2, 0) is 11.2 Å². The highest BCUT2D eigenvalue weighted by Crippen LogP contribution is 2.41. The molecule has 0 spiro atoms. The van der Waals surface area contributed by atoms with Gasteiger partial charge in [0, 0.05) is 33.1 Å². The van der Waals surface area contributed by atoms with Crippen molar-refractivity contribution in [3.05, 3.63) is 85.5 Å². The fourth-order valence-corrected chi connectivity index (χ4v) is 5.68. The third kappa shape index (κ3) is 4.95. The molecule has 5 nitrogen and oxygen atoms in total. The highest BCUT2D eigenvalue weighted by atomic mass is 35.5. The number of carbonyl (C=O) groups excluding carboxylic acids is 2. The topological polar surface area (TPSA) is 49.9 Å². The second kappa shape index (κ2) is 10.4. The van der Waals surface area contributed by atoms with Crippen molar-refractivity contribution in [2.75, 3.05) is 20.2 Å². The smallest absolute Gasteiger partial charge is 0.254 e. The summed E-state index contributed by atoms with van der Waals surface area (Å²) in [4.78, 5) is 31.7. The minimum atomic E-state index is -0.322. The van der Waals surface area contributed by atoms with Crippen LogP contribution in [-0.4, -0.2) is 47.9 Å². The molecule has 1 unspecified atom stereocenters. The maximum Gasteiger partial charge on any atom is 0.254 e. The van der Waals surface area contributed by atoms with Crippen molar-refractivity contribution in [2.45, 2.75) is 32.4 Å². The van der Waals surface area contributed by atoms with Gasteiger partial charge in [-0.25, -0.2) is 0 Å². The fourth-order valence-electron chi connectivity index (χ4n) is 4.27. The van der Waals surface area contributed by atoms with Crippen molar-refractivity contribution >= 4 is 46.4 Å². The largest absolute Gasteiger partial charge is 0.497 e. The predicted molar refractivity (Wildman–Crippen MR) is 137 cm³/mol. The van der Waals surface area contributed by atoms with E-state index in [1.54, 1.807) is 59.7 Å². The van der Waals surface area contributed by atoms with E-state index in [2.05, 4.69) is 6.07 Å². The molecule has 1 atom stereocenters. The molecule has 2 amide bonds. The molecule has 1 aliphatic heterocycles. The monoisotopic (exact) mass is 516 g/mol. The maximum absolute atomic E-state index is 13.7. The SMILES string of the molecule is COc1ccc(C(=O)N(CC(=O)N2CCc3sccc3C2c2ccc(Cl)cc2Cl)C(C)C)cc1. The summed E-state index contributed by atoms with van der Waals surface area (Å²) in [6, 6.07) is 13.9. The molecular weight excluding hydrogens is 491 g/mol. The van der Waals surface area contributed by atoms with Crippen molar-refractivity contribution in [3.63, 3.8) is 0 Å². The molecular formula is C26H26Cl2N2O3S. The van der Waals surface area contributed by atoms with Crippen molar-refractivity contribution in [1.82, 2.24) is 9.80 Å². The Morgan fingerprint density at radius 2 is 1.85 bits per heavy atom. The zero-order chi connectivity index (χ0) is 24.4. The average Bonchev–Trinajstić information content (AvgIpc) is 3.30. The predicted octanol–water partition coefficient (Wildman–Crippen LogP) is 6.09. The third-order valence-electron chi connectivity index (χ3n) is 6.07. The third-order valence-corrected chi connectivity index (χ3v) is 7.63. The molecule has 4 rings (SSSR count). The van der Waals surface area contributed by atoms with Gasteiger partial charge in [-0.05, 0) is 79.2 Å². The number of carbonyl (C=O) groups is 2. The quantitative estimate of drug-likeness (QED) is 0.398. The summed E-state index contributed by atoms with van der Waals surface area (Å²) in [5.41, 5.74) is 2.42. The minimum absolute atomic E-state index is 0.0241. The number of thiophene rings is 1. The Balaban J connectivity index is 1.63. The van der Waals surface area contributed by atoms with Crippen LogP contribution in [0.15, 0.2) is 53.9 Å². The van der Waals surface area contributed by atoms with Crippen molar-refractivity contribution < 1.29 is 14.3 Å². The molecule has 1 aliphatic rings. The molecule has 2 heterocycles. The molecule has 3 aromatic rings. The molecule has 0 bridgehead atoms. The van der Waals surface area contributed by atoms with Crippen LogP contribution < -0.4 is 4.74 Å². The van der Waals surface area contributed by atoms with Gasteiger partial charge in [-0.2, -0.15) is 0 Å². The Hall–Kier alpha value is -2.54. The first-order valence-electron chi connectivity index (χ1n) is 11.1. The second-order valence-electron chi connectivity index (χ2n) is 8.46. The normalized spacial score (nSPS) is 15.2. The molecule has 0 fully saturated rings. The highest BCUT2D eigenvalue weighted by molar-refractivity contribution is 7.10. The number of rotatable bonds is 6. The van der Waals surface area contributed by atoms with Crippen LogP contribution >= 0.6 is 34.5 Å². The van der Waals surface area contributed by atoms with Gasteiger partial charge < -0.3 is 14.5 Å². The molecule has 8 heteroatoms. The summed E-state index contributed by atoms with van der Waals surface area (Å²) in [6.07, 6.45) is 0.772. The Morgan fingerprint density at radius 1 is 1.12 bits per heavy atom. The van der Waals surface area contributed by atoms with E-state index in [-0.39, 0.29) is 30.4 Å². The summed E-state index contributed by atoms with van der Waals surface area (Å²) in [7, 11) is 1.58. The van der Waals surface area contributed by atoms with E-state index < -0.39 is 0 Å². The van der Waals surface area contributed by atoms with Crippen LogP contribution in [0.1, 0.15) is 46.3 Å². The van der Waals surface area contributed by atoms with Gasteiger partial charge >= 0.3 is 0 Å². The van der Waals surface area contributed by atoms with Gasteiger partial charge in [0.15, 0.2) is 0 Å². The van der Waals surface area contributed by atoms with Gasteiger partial charge in [0.1, 0.15) is 12.3 Å². The maximum atomic E-state index is 13.7. The molecule has 1 aromatic heterocycles. The zero-order valence-electron chi connectivity index (χ0n) is 19.3. The number of fused-ring (bicyclic) bond motifs is 1.